The van der Waals surface area contributed by atoms with Crippen LogP contribution in [-0.2, 0) is 0 Å². The van der Waals surface area contributed by atoms with Crippen LogP contribution in [0.1, 0.15) is 10.4 Å². The molecule has 4 rings (SSSR count). The number of rotatable bonds is 3. The fraction of sp³-hybridized carbons (Fsp3) is 0.111. The first-order valence-electron chi connectivity index (χ1n) is 7.82. The lowest BCUT2D eigenvalue weighted by Crippen LogP contribution is -2.18. The molecule has 2 heterocycles. The number of carbonyl (C=O) groups excluding carboxylic acids is 1. The van der Waals surface area contributed by atoms with E-state index in [-0.39, 0.29) is 5.91 Å². The highest BCUT2D eigenvalue weighted by Crippen LogP contribution is 2.38. The maximum absolute atomic E-state index is 12.7. The molecule has 0 bridgehead atoms. The summed E-state index contributed by atoms with van der Waals surface area (Å²) in [5.41, 5.74) is 1.20. The average Bonchev–Trinajstić information content (AvgIpc) is 3.10. The normalized spacial score (nSPS) is 12.7. The minimum absolute atomic E-state index is 0.286. The van der Waals surface area contributed by atoms with E-state index >= 15 is 0 Å². The molecule has 132 valence electrons. The number of hydrogen-bond acceptors (Lipinski definition) is 4. The summed E-state index contributed by atoms with van der Waals surface area (Å²) in [7, 11) is 0. The number of nitrogens with one attached hydrogen (secondary N) is 1. The molecule has 1 aliphatic rings. The van der Waals surface area contributed by atoms with E-state index in [9.17, 15) is 4.79 Å². The SMILES string of the molecule is O=C(Nc1ccnn1-c1cccc(Cl)c1)c1cc(Br)c2c(c1)OCCO2. The number of fused-ring (bicyclic) bond motifs is 1. The first-order chi connectivity index (χ1) is 12.6. The van der Waals surface area contributed by atoms with Crippen LogP contribution in [0.25, 0.3) is 5.69 Å². The molecule has 0 aliphatic carbocycles. The van der Waals surface area contributed by atoms with Crippen LogP contribution in [-0.4, -0.2) is 28.9 Å². The van der Waals surface area contributed by atoms with Crippen molar-refractivity contribution < 1.29 is 14.3 Å². The van der Waals surface area contributed by atoms with Crippen molar-refractivity contribution in [2.75, 3.05) is 18.5 Å². The number of anilines is 1. The summed E-state index contributed by atoms with van der Waals surface area (Å²) >= 11 is 9.46. The Morgan fingerprint density at radius 2 is 2.04 bits per heavy atom. The predicted octanol–water partition coefficient (Wildman–Crippen LogP) is 4.31. The number of aromatic nitrogens is 2. The molecule has 1 amide bonds. The molecule has 2 aromatic carbocycles. The van der Waals surface area contributed by atoms with Gasteiger partial charge in [-0.3, -0.25) is 4.79 Å². The van der Waals surface area contributed by atoms with E-state index in [1.807, 2.05) is 12.1 Å². The molecular weight excluding hydrogens is 422 g/mol. The third-order valence-corrected chi connectivity index (χ3v) is 4.62. The fourth-order valence-electron chi connectivity index (χ4n) is 2.64. The van der Waals surface area contributed by atoms with Gasteiger partial charge in [-0.25, -0.2) is 4.68 Å². The van der Waals surface area contributed by atoms with E-state index in [4.69, 9.17) is 21.1 Å². The van der Waals surface area contributed by atoms with Crippen LogP contribution in [0.2, 0.25) is 5.02 Å². The molecule has 0 fully saturated rings. The van der Waals surface area contributed by atoms with Gasteiger partial charge in [-0.05, 0) is 46.3 Å². The Labute approximate surface area is 162 Å². The van der Waals surface area contributed by atoms with Gasteiger partial charge in [0.2, 0.25) is 0 Å². The van der Waals surface area contributed by atoms with Gasteiger partial charge in [0.25, 0.3) is 5.91 Å². The zero-order valence-electron chi connectivity index (χ0n) is 13.4. The Kier molecular flexibility index (Phi) is 4.57. The largest absolute Gasteiger partial charge is 0.486 e. The van der Waals surface area contributed by atoms with Gasteiger partial charge in [0.1, 0.15) is 19.0 Å². The number of nitrogens with zero attached hydrogens (tertiary/aromatic N) is 2. The Bertz CT molecular complexity index is 990. The van der Waals surface area contributed by atoms with E-state index in [2.05, 4.69) is 26.3 Å². The summed E-state index contributed by atoms with van der Waals surface area (Å²) in [5, 5.41) is 7.70. The lowest BCUT2D eigenvalue weighted by atomic mass is 10.2. The Morgan fingerprint density at radius 3 is 2.88 bits per heavy atom. The predicted molar refractivity (Wildman–Crippen MR) is 102 cm³/mol. The van der Waals surface area contributed by atoms with Crippen molar-refractivity contribution in [2.24, 2.45) is 0 Å². The molecule has 1 aromatic heterocycles. The molecule has 0 saturated carbocycles. The van der Waals surface area contributed by atoms with Gasteiger partial charge in [0, 0.05) is 16.7 Å². The maximum atomic E-state index is 12.7. The van der Waals surface area contributed by atoms with Crippen molar-refractivity contribution in [3.8, 4) is 17.2 Å². The van der Waals surface area contributed by atoms with Crippen LogP contribution < -0.4 is 14.8 Å². The van der Waals surface area contributed by atoms with Crippen molar-refractivity contribution in [3.05, 3.63) is 63.7 Å². The number of benzene rings is 2. The average molecular weight is 435 g/mol. The molecule has 1 aliphatic heterocycles. The Balaban J connectivity index is 1.62. The second-order valence-electron chi connectivity index (χ2n) is 5.54. The van der Waals surface area contributed by atoms with Crippen LogP contribution in [0.5, 0.6) is 11.5 Å². The maximum Gasteiger partial charge on any atom is 0.256 e. The van der Waals surface area contributed by atoms with Gasteiger partial charge in [0.15, 0.2) is 11.5 Å². The van der Waals surface area contributed by atoms with Gasteiger partial charge in [-0.2, -0.15) is 5.10 Å². The summed E-state index contributed by atoms with van der Waals surface area (Å²) in [4.78, 5) is 12.7. The van der Waals surface area contributed by atoms with Crippen LogP contribution in [0.4, 0.5) is 5.82 Å². The highest BCUT2D eigenvalue weighted by Gasteiger charge is 2.20. The van der Waals surface area contributed by atoms with Crippen LogP contribution in [0.3, 0.4) is 0 Å². The standard InChI is InChI=1S/C18H13BrClN3O3/c19-14-8-11(9-15-17(14)26-7-6-25-15)18(24)22-16-4-5-21-23(16)13-3-1-2-12(20)10-13/h1-5,8-10H,6-7H2,(H,22,24). The molecule has 26 heavy (non-hydrogen) atoms. The van der Waals surface area contributed by atoms with Crippen LogP contribution in [0.15, 0.2) is 53.1 Å². The highest BCUT2D eigenvalue weighted by molar-refractivity contribution is 9.10. The van der Waals surface area contributed by atoms with Crippen molar-refractivity contribution in [1.82, 2.24) is 9.78 Å². The quantitative estimate of drug-likeness (QED) is 0.667. The van der Waals surface area contributed by atoms with Crippen LogP contribution >= 0.6 is 27.5 Å². The fourth-order valence-corrected chi connectivity index (χ4v) is 3.38. The lowest BCUT2D eigenvalue weighted by Gasteiger charge is -2.20. The van der Waals surface area contributed by atoms with E-state index in [0.29, 0.717) is 45.6 Å². The van der Waals surface area contributed by atoms with E-state index in [1.54, 1.807) is 41.2 Å². The molecule has 6 nitrogen and oxygen atoms in total. The topological polar surface area (TPSA) is 65.4 Å². The van der Waals surface area contributed by atoms with Gasteiger partial charge in [0.05, 0.1) is 16.4 Å². The summed E-state index contributed by atoms with van der Waals surface area (Å²) < 4.78 is 13.4. The molecule has 0 unspecified atom stereocenters. The van der Waals surface area contributed by atoms with E-state index < -0.39 is 0 Å². The molecule has 0 atom stereocenters. The minimum Gasteiger partial charge on any atom is -0.486 e. The molecule has 3 aromatic rings. The second kappa shape index (κ2) is 7.01. The first-order valence-corrected chi connectivity index (χ1v) is 8.99. The number of halogens is 2. The summed E-state index contributed by atoms with van der Waals surface area (Å²) in [5.74, 6) is 1.39. The lowest BCUT2D eigenvalue weighted by molar-refractivity contribution is 0.102. The highest BCUT2D eigenvalue weighted by atomic mass is 79.9. The van der Waals surface area contributed by atoms with Gasteiger partial charge < -0.3 is 14.8 Å². The zero-order valence-corrected chi connectivity index (χ0v) is 15.8. The summed E-state index contributed by atoms with van der Waals surface area (Å²) in [6.45, 7) is 0.933. The van der Waals surface area contributed by atoms with Crippen molar-refractivity contribution >= 4 is 39.3 Å². The molecular formula is C18H13BrClN3O3. The van der Waals surface area contributed by atoms with Gasteiger partial charge in [-0.15, -0.1) is 0 Å². The smallest absolute Gasteiger partial charge is 0.256 e. The Hall–Kier alpha value is -2.51. The van der Waals surface area contributed by atoms with Gasteiger partial charge >= 0.3 is 0 Å². The zero-order chi connectivity index (χ0) is 18.1. The molecule has 8 heteroatoms. The number of amides is 1. The van der Waals surface area contributed by atoms with E-state index in [1.165, 1.54) is 0 Å². The third-order valence-electron chi connectivity index (χ3n) is 3.80. The molecule has 0 saturated heterocycles. The molecule has 1 N–H and O–H groups in total. The second-order valence-corrected chi connectivity index (χ2v) is 6.84. The number of hydrogen-bond donors (Lipinski definition) is 1. The first kappa shape index (κ1) is 16.9. The third kappa shape index (κ3) is 3.27. The van der Waals surface area contributed by atoms with Gasteiger partial charge in [-0.1, -0.05) is 17.7 Å². The van der Waals surface area contributed by atoms with Crippen molar-refractivity contribution in [2.45, 2.75) is 0 Å². The number of ether oxygens (including phenoxy) is 2. The van der Waals surface area contributed by atoms with Crippen LogP contribution in [0, 0.1) is 0 Å². The minimum atomic E-state index is -0.286. The molecule has 0 spiro atoms. The Morgan fingerprint density at radius 1 is 1.19 bits per heavy atom. The van der Waals surface area contributed by atoms with Crippen molar-refractivity contribution in [1.29, 1.82) is 0 Å². The van der Waals surface area contributed by atoms with E-state index in [0.717, 1.165) is 5.69 Å². The van der Waals surface area contributed by atoms with Crippen molar-refractivity contribution in [3.63, 3.8) is 0 Å². The summed E-state index contributed by atoms with van der Waals surface area (Å²) in [6, 6.07) is 12.3. The monoisotopic (exact) mass is 433 g/mol. The number of carbonyl (C=O) groups is 1. The summed E-state index contributed by atoms with van der Waals surface area (Å²) in [6.07, 6.45) is 1.61. The molecule has 0 radical (unpaired) electrons.